The lowest BCUT2D eigenvalue weighted by Gasteiger charge is -2.09. The van der Waals surface area contributed by atoms with Crippen molar-refractivity contribution in [3.63, 3.8) is 0 Å². The Hall–Kier alpha value is -0.740. The first-order valence-corrected chi connectivity index (χ1v) is 5.97. The van der Waals surface area contributed by atoms with Crippen LogP contribution in [-0.4, -0.2) is 9.97 Å². The van der Waals surface area contributed by atoms with E-state index in [0.717, 1.165) is 5.69 Å². The van der Waals surface area contributed by atoms with Crippen molar-refractivity contribution in [3.8, 4) is 0 Å². The zero-order valence-electron chi connectivity index (χ0n) is 8.76. The highest BCUT2D eigenvalue weighted by molar-refractivity contribution is 9.10. The summed E-state index contributed by atoms with van der Waals surface area (Å²) in [6, 6.07) is 1.69. The molecule has 2 aromatic rings. The van der Waals surface area contributed by atoms with Crippen LogP contribution >= 0.6 is 27.5 Å². The van der Waals surface area contributed by atoms with E-state index in [2.05, 4.69) is 25.9 Å². The van der Waals surface area contributed by atoms with Gasteiger partial charge in [0.15, 0.2) is 5.82 Å². The number of aromatic nitrogens is 2. The maximum Gasteiger partial charge on any atom is 0.165 e. The molecular weight excluding hydrogens is 294 g/mol. The quantitative estimate of drug-likeness (QED) is 0.734. The molecule has 0 atom stereocenters. The summed E-state index contributed by atoms with van der Waals surface area (Å²) in [4.78, 5) is 8.12. The minimum atomic E-state index is -0.438. The number of hydrogen-bond donors (Lipinski definition) is 0. The van der Waals surface area contributed by atoms with Gasteiger partial charge >= 0.3 is 0 Å². The third-order valence-corrected chi connectivity index (χ3v) is 3.64. The van der Waals surface area contributed by atoms with Crippen molar-refractivity contribution in [1.29, 1.82) is 0 Å². The fourth-order valence-electron chi connectivity index (χ4n) is 1.59. The highest BCUT2D eigenvalue weighted by atomic mass is 79.9. The molecule has 1 aromatic heterocycles. The SMILES string of the molecule is CC(C)c1ncnc2c(F)c(Br)c(Cl)cc12. The third kappa shape index (κ3) is 1.80. The van der Waals surface area contributed by atoms with Gasteiger partial charge < -0.3 is 0 Å². The van der Waals surface area contributed by atoms with E-state index in [4.69, 9.17) is 11.6 Å². The molecule has 0 aliphatic carbocycles. The van der Waals surface area contributed by atoms with Crippen LogP contribution in [0.25, 0.3) is 10.9 Å². The Kier molecular flexibility index (Phi) is 3.13. The Bertz CT molecular complexity index is 557. The molecule has 0 fully saturated rings. The number of rotatable bonds is 1. The average molecular weight is 304 g/mol. The van der Waals surface area contributed by atoms with Crippen molar-refractivity contribution in [2.75, 3.05) is 0 Å². The van der Waals surface area contributed by atoms with E-state index in [9.17, 15) is 4.39 Å². The number of nitrogens with zero attached hydrogens (tertiary/aromatic N) is 2. The number of hydrogen-bond acceptors (Lipinski definition) is 2. The number of benzene rings is 1. The van der Waals surface area contributed by atoms with Crippen LogP contribution in [0.5, 0.6) is 0 Å². The van der Waals surface area contributed by atoms with E-state index in [1.807, 2.05) is 13.8 Å². The molecule has 0 saturated heterocycles. The van der Waals surface area contributed by atoms with E-state index in [1.54, 1.807) is 6.07 Å². The first kappa shape index (κ1) is 11.7. The second-order valence-corrected chi connectivity index (χ2v) is 5.00. The van der Waals surface area contributed by atoms with Crippen LogP contribution < -0.4 is 0 Å². The molecule has 0 spiro atoms. The molecule has 0 saturated carbocycles. The number of halogens is 3. The molecule has 2 rings (SSSR count). The van der Waals surface area contributed by atoms with Gasteiger partial charge in [-0.3, -0.25) is 0 Å². The Balaban J connectivity index is 2.89. The fraction of sp³-hybridized carbons (Fsp3) is 0.273. The smallest absolute Gasteiger partial charge is 0.165 e. The molecule has 0 aliphatic rings. The molecule has 2 nitrogen and oxygen atoms in total. The van der Waals surface area contributed by atoms with Crippen molar-refractivity contribution in [2.45, 2.75) is 19.8 Å². The summed E-state index contributed by atoms with van der Waals surface area (Å²) in [6.45, 7) is 3.99. The van der Waals surface area contributed by atoms with E-state index >= 15 is 0 Å². The highest BCUT2D eigenvalue weighted by Gasteiger charge is 2.15. The third-order valence-electron chi connectivity index (χ3n) is 2.34. The van der Waals surface area contributed by atoms with E-state index < -0.39 is 5.82 Å². The molecule has 84 valence electrons. The van der Waals surface area contributed by atoms with Crippen LogP contribution in [0.15, 0.2) is 16.9 Å². The van der Waals surface area contributed by atoms with Crippen LogP contribution in [0, 0.1) is 5.82 Å². The van der Waals surface area contributed by atoms with Crippen LogP contribution in [0.2, 0.25) is 5.02 Å². The molecule has 0 amide bonds. The molecule has 0 bridgehead atoms. The van der Waals surface area contributed by atoms with Crippen molar-refractivity contribution >= 4 is 38.4 Å². The van der Waals surface area contributed by atoms with Gasteiger partial charge in [0.2, 0.25) is 0 Å². The van der Waals surface area contributed by atoms with Gasteiger partial charge in [-0.05, 0) is 27.9 Å². The number of fused-ring (bicyclic) bond motifs is 1. The van der Waals surface area contributed by atoms with Gasteiger partial charge in [-0.15, -0.1) is 0 Å². The van der Waals surface area contributed by atoms with Gasteiger partial charge in [0.05, 0.1) is 15.2 Å². The summed E-state index contributed by atoms with van der Waals surface area (Å²) in [6.07, 6.45) is 1.38. The Morgan fingerprint density at radius 1 is 1.38 bits per heavy atom. The first-order valence-electron chi connectivity index (χ1n) is 4.80. The van der Waals surface area contributed by atoms with Crippen molar-refractivity contribution in [2.24, 2.45) is 0 Å². The predicted octanol–water partition coefficient (Wildman–Crippen LogP) is 4.31. The Labute approximate surface area is 106 Å². The summed E-state index contributed by atoms with van der Waals surface area (Å²) in [7, 11) is 0. The van der Waals surface area contributed by atoms with Crippen LogP contribution in [0.3, 0.4) is 0 Å². The zero-order chi connectivity index (χ0) is 11.9. The lowest BCUT2D eigenvalue weighted by Crippen LogP contribution is -1.98. The van der Waals surface area contributed by atoms with Gasteiger partial charge in [-0.25, -0.2) is 14.4 Å². The fourth-order valence-corrected chi connectivity index (χ4v) is 2.08. The highest BCUT2D eigenvalue weighted by Crippen LogP contribution is 2.33. The topological polar surface area (TPSA) is 25.8 Å². The molecule has 1 heterocycles. The monoisotopic (exact) mass is 302 g/mol. The largest absolute Gasteiger partial charge is 0.240 e. The molecule has 0 aliphatic heterocycles. The van der Waals surface area contributed by atoms with Gasteiger partial charge in [-0.1, -0.05) is 25.4 Å². The van der Waals surface area contributed by atoms with Gasteiger partial charge in [-0.2, -0.15) is 0 Å². The average Bonchev–Trinajstić information content (AvgIpc) is 2.25. The maximum atomic E-state index is 13.9. The van der Waals surface area contributed by atoms with E-state index in [0.29, 0.717) is 15.9 Å². The van der Waals surface area contributed by atoms with Gasteiger partial charge in [0.1, 0.15) is 11.8 Å². The van der Waals surface area contributed by atoms with Crippen molar-refractivity contribution < 1.29 is 4.39 Å². The van der Waals surface area contributed by atoms with E-state index in [1.165, 1.54) is 6.33 Å². The lowest BCUT2D eigenvalue weighted by atomic mass is 10.0. The predicted molar refractivity (Wildman–Crippen MR) is 66.3 cm³/mol. The second kappa shape index (κ2) is 4.26. The summed E-state index contributed by atoms with van der Waals surface area (Å²) in [5.41, 5.74) is 1.10. The Morgan fingerprint density at radius 2 is 2.06 bits per heavy atom. The Morgan fingerprint density at radius 3 is 2.69 bits per heavy atom. The molecule has 0 N–H and O–H groups in total. The zero-order valence-corrected chi connectivity index (χ0v) is 11.1. The molecule has 1 aromatic carbocycles. The summed E-state index contributed by atoms with van der Waals surface area (Å²) < 4.78 is 14.1. The first-order chi connectivity index (χ1) is 7.52. The van der Waals surface area contributed by atoms with E-state index in [-0.39, 0.29) is 10.4 Å². The van der Waals surface area contributed by atoms with Crippen molar-refractivity contribution in [3.05, 3.63) is 33.4 Å². The lowest BCUT2D eigenvalue weighted by molar-refractivity contribution is 0.629. The maximum absolute atomic E-state index is 13.9. The molecular formula is C11H9BrClFN2. The standard InChI is InChI=1S/C11H9BrClFN2/c1-5(2)10-6-3-7(13)8(12)9(14)11(6)16-4-15-10/h3-5H,1-2H3. The molecule has 0 radical (unpaired) electrons. The molecule has 5 heteroatoms. The summed E-state index contributed by atoms with van der Waals surface area (Å²) in [5.74, 6) is -0.242. The minimum Gasteiger partial charge on any atom is -0.240 e. The van der Waals surface area contributed by atoms with Crippen molar-refractivity contribution in [1.82, 2.24) is 9.97 Å². The summed E-state index contributed by atoms with van der Waals surface area (Å²) >= 11 is 9.02. The molecule has 0 unspecified atom stereocenters. The summed E-state index contributed by atoms with van der Waals surface area (Å²) in [5, 5.41) is 1.00. The van der Waals surface area contributed by atoms with Crippen LogP contribution in [-0.2, 0) is 0 Å². The van der Waals surface area contributed by atoms with Gasteiger partial charge in [0, 0.05) is 5.39 Å². The van der Waals surface area contributed by atoms with Crippen LogP contribution in [0.4, 0.5) is 4.39 Å². The second-order valence-electron chi connectivity index (χ2n) is 3.80. The normalized spacial score (nSPS) is 11.4. The van der Waals surface area contributed by atoms with Crippen LogP contribution in [0.1, 0.15) is 25.5 Å². The minimum absolute atomic E-state index is 0.196. The van der Waals surface area contributed by atoms with Gasteiger partial charge in [0.25, 0.3) is 0 Å². The molecule has 16 heavy (non-hydrogen) atoms.